The van der Waals surface area contributed by atoms with Crippen LogP contribution in [0.2, 0.25) is 0 Å². The van der Waals surface area contributed by atoms with Crippen LogP contribution < -0.4 is 10.0 Å². The van der Waals surface area contributed by atoms with Crippen LogP contribution in [0.5, 0.6) is 0 Å². The Morgan fingerprint density at radius 2 is 2.00 bits per heavy atom. The number of aryl methyl sites for hydroxylation is 1. The van der Waals surface area contributed by atoms with Crippen LogP contribution in [0.15, 0.2) is 23.1 Å². The molecule has 0 fully saturated rings. The summed E-state index contributed by atoms with van der Waals surface area (Å²) in [7, 11) is -3.45. The van der Waals surface area contributed by atoms with Gasteiger partial charge in [0.2, 0.25) is 10.0 Å². The van der Waals surface area contributed by atoms with Crippen molar-refractivity contribution in [2.24, 2.45) is 5.92 Å². The molecule has 1 aliphatic rings. The molecule has 0 saturated carbocycles. The smallest absolute Gasteiger partial charge is 0.240 e. The van der Waals surface area contributed by atoms with Crippen LogP contribution in [0.3, 0.4) is 0 Å². The molecule has 0 amide bonds. The Kier molecular flexibility index (Phi) is 5.27. The highest BCUT2D eigenvalue weighted by Gasteiger charge is 2.23. The normalized spacial score (nSPS) is 16.4. The molecule has 118 valence electrons. The van der Waals surface area contributed by atoms with E-state index in [1.54, 1.807) is 12.1 Å². The van der Waals surface area contributed by atoms with Crippen LogP contribution in [0.1, 0.15) is 45.6 Å². The van der Waals surface area contributed by atoms with Crippen molar-refractivity contribution in [3.05, 3.63) is 23.8 Å². The molecule has 1 aromatic carbocycles. The van der Waals surface area contributed by atoms with Crippen molar-refractivity contribution in [2.45, 2.75) is 57.4 Å². The number of hydrogen-bond donors (Lipinski definition) is 2. The summed E-state index contributed by atoms with van der Waals surface area (Å²) in [6, 6.07) is 5.36. The molecule has 5 heteroatoms. The first-order chi connectivity index (χ1) is 9.97. The maximum atomic E-state index is 12.5. The lowest BCUT2D eigenvalue weighted by Gasteiger charge is -2.23. The Labute approximate surface area is 128 Å². The molecule has 1 atom stereocenters. The summed E-state index contributed by atoms with van der Waals surface area (Å²) in [6.07, 6.45) is 4.07. The molecule has 1 aliphatic heterocycles. The molecule has 0 bridgehead atoms. The van der Waals surface area contributed by atoms with E-state index in [2.05, 4.69) is 23.9 Å². The van der Waals surface area contributed by atoms with E-state index in [9.17, 15) is 8.42 Å². The van der Waals surface area contributed by atoms with Gasteiger partial charge < -0.3 is 5.32 Å². The first-order valence-corrected chi connectivity index (χ1v) is 9.35. The summed E-state index contributed by atoms with van der Waals surface area (Å²) in [4.78, 5) is 0.355. The fourth-order valence-electron chi connectivity index (χ4n) is 3.01. The van der Waals surface area contributed by atoms with Gasteiger partial charge in [-0.25, -0.2) is 13.1 Å². The largest absolute Gasteiger partial charge is 0.385 e. The molecule has 2 N–H and O–H groups in total. The number of anilines is 1. The van der Waals surface area contributed by atoms with Crippen molar-refractivity contribution in [2.75, 3.05) is 11.9 Å². The highest BCUT2D eigenvalue weighted by Crippen LogP contribution is 2.25. The van der Waals surface area contributed by atoms with Gasteiger partial charge in [-0.2, -0.15) is 0 Å². The third-order valence-electron chi connectivity index (χ3n) is 4.43. The van der Waals surface area contributed by atoms with Crippen LogP contribution in [0, 0.1) is 5.92 Å². The Morgan fingerprint density at radius 3 is 2.67 bits per heavy atom. The molecular weight excluding hydrogens is 284 g/mol. The topological polar surface area (TPSA) is 58.2 Å². The summed E-state index contributed by atoms with van der Waals surface area (Å²) >= 11 is 0. The molecule has 1 unspecified atom stereocenters. The van der Waals surface area contributed by atoms with Gasteiger partial charge in [0.15, 0.2) is 0 Å². The monoisotopic (exact) mass is 310 g/mol. The SMILES string of the molecule is CCC(CC)C(C)NS(=O)(=O)c1ccc2c(c1)NCCC2. The number of hydrogen-bond acceptors (Lipinski definition) is 3. The summed E-state index contributed by atoms with van der Waals surface area (Å²) in [5.74, 6) is 0.371. The maximum Gasteiger partial charge on any atom is 0.240 e. The number of rotatable bonds is 6. The molecule has 2 rings (SSSR count). The average molecular weight is 310 g/mol. The van der Waals surface area contributed by atoms with E-state index in [0.717, 1.165) is 37.9 Å². The summed E-state index contributed by atoms with van der Waals surface area (Å²) < 4.78 is 27.9. The maximum absolute atomic E-state index is 12.5. The molecule has 1 heterocycles. The molecule has 0 aromatic heterocycles. The molecule has 0 spiro atoms. The lowest BCUT2D eigenvalue weighted by atomic mass is 9.96. The molecule has 1 aromatic rings. The molecule has 0 aliphatic carbocycles. The number of sulfonamides is 1. The van der Waals surface area contributed by atoms with Gasteiger partial charge in [0, 0.05) is 18.3 Å². The van der Waals surface area contributed by atoms with E-state index in [0.29, 0.717) is 10.8 Å². The molecular formula is C16H26N2O2S. The van der Waals surface area contributed by atoms with Crippen molar-refractivity contribution in [1.82, 2.24) is 4.72 Å². The van der Waals surface area contributed by atoms with E-state index >= 15 is 0 Å². The minimum atomic E-state index is -3.45. The lowest BCUT2D eigenvalue weighted by molar-refractivity contribution is 0.391. The fraction of sp³-hybridized carbons (Fsp3) is 0.625. The Bertz CT molecular complexity index is 580. The Morgan fingerprint density at radius 1 is 1.29 bits per heavy atom. The van der Waals surface area contributed by atoms with E-state index in [-0.39, 0.29) is 6.04 Å². The minimum absolute atomic E-state index is 0.0472. The number of fused-ring (bicyclic) bond motifs is 1. The summed E-state index contributed by atoms with van der Waals surface area (Å²) in [5.41, 5.74) is 2.16. The van der Waals surface area contributed by atoms with Crippen LogP contribution >= 0.6 is 0 Å². The van der Waals surface area contributed by atoms with Gasteiger partial charge in [0.1, 0.15) is 0 Å². The van der Waals surface area contributed by atoms with Gasteiger partial charge in [0.05, 0.1) is 4.90 Å². The van der Waals surface area contributed by atoms with Crippen molar-refractivity contribution >= 4 is 15.7 Å². The van der Waals surface area contributed by atoms with Gasteiger partial charge >= 0.3 is 0 Å². The summed E-state index contributed by atoms with van der Waals surface area (Å²) in [5, 5.41) is 3.28. The number of benzene rings is 1. The van der Waals surface area contributed by atoms with Crippen molar-refractivity contribution in [3.63, 3.8) is 0 Å². The Balaban J connectivity index is 2.19. The van der Waals surface area contributed by atoms with E-state index in [1.165, 1.54) is 5.56 Å². The quantitative estimate of drug-likeness (QED) is 0.848. The lowest BCUT2D eigenvalue weighted by Crippen LogP contribution is -2.37. The van der Waals surface area contributed by atoms with Crippen molar-refractivity contribution in [3.8, 4) is 0 Å². The van der Waals surface area contributed by atoms with Crippen LogP contribution in [0.4, 0.5) is 5.69 Å². The van der Waals surface area contributed by atoms with Crippen LogP contribution in [0.25, 0.3) is 0 Å². The molecule has 21 heavy (non-hydrogen) atoms. The zero-order valence-corrected chi connectivity index (χ0v) is 14.0. The highest BCUT2D eigenvalue weighted by atomic mass is 32.2. The third-order valence-corrected chi connectivity index (χ3v) is 5.98. The van der Waals surface area contributed by atoms with E-state index in [4.69, 9.17) is 0 Å². The standard InChI is InChI=1S/C16H26N2O2S/c1-4-13(5-2)12(3)18-21(19,20)15-9-8-14-7-6-10-17-16(14)11-15/h8-9,11-13,17-18H,4-7,10H2,1-3H3. The second-order valence-corrected chi connectivity index (χ2v) is 7.55. The van der Waals surface area contributed by atoms with Gasteiger partial charge in [-0.15, -0.1) is 0 Å². The fourth-order valence-corrected chi connectivity index (χ4v) is 4.35. The van der Waals surface area contributed by atoms with Gasteiger partial charge in [-0.1, -0.05) is 32.8 Å². The molecule has 4 nitrogen and oxygen atoms in total. The van der Waals surface area contributed by atoms with Crippen LogP contribution in [-0.4, -0.2) is 21.0 Å². The van der Waals surface area contributed by atoms with Crippen molar-refractivity contribution in [1.29, 1.82) is 0 Å². The number of nitrogens with one attached hydrogen (secondary N) is 2. The first kappa shape index (κ1) is 16.3. The second-order valence-electron chi connectivity index (χ2n) is 5.84. The predicted molar refractivity (Wildman–Crippen MR) is 87.1 cm³/mol. The highest BCUT2D eigenvalue weighted by molar-refractivity contribution is 7.89. The third kappa shape index (κ3) is 3.77. The zero-order chi connectivity index (χ0) is 15.5. The van der Waals surface area contributed by atoms with Crippen molar-refractivity contribution < 1.29 is 8.42 Å². The summed E-state index contributed by atoms with van der Waals surface area (Å²) in [6.45, 7) is 7.06. The van der Waals surface area contributed by atoms with Gasteiger partial charge in [0.25, 0.3) is 0 Å². The van der Waals surface area contributed by atoms with Crippen LogP contribution in [-0.2, 0) is 16.4 Å². The molecule has 0 radical (unpaired) electrons. The second kappa shape index (κ2) is 6.79. The van der Waals surface area contributed by atoms with Gasteiger partial charge in [-0.3, -0.25) is 0 Å². The minimum Gasteiger partial charge on any atom is -0.385 e. The van der Waals surface area contributed by atoms with E-state index < -0.39 is 10.0 Å². The van der Waals surface area contributed by atoms with Gasteiger partial charge in [-0.05, 0) is 43.4 Å². The Hall–Kier alpha value is -1.07. The molecule has 0 saturated heterocycles. The zero-order valence-electron chi connectivity index (χ0n) is 13.1. The first-order valence-electron chi connectivity index (χ1n) is 7.87. The average Bonchev–Trinajstić information content (AvgIpc) is 2.47. The van der Waals surface area contributed by atoms with E-state index in [1.807, 2.05) is 13.0 Å². The predicted octanol–water partition coefficient (Wildman–Crippen LogP) is 3.15.